The summed E-state index contributed by atoms with van der Waals surface area (Å²) >= 11 is 0. The smallest absolute Gasteiger partial charge is 0.395 e. The van der Waals surface area contributed by atoms with Crippen LogP contribution in [0.3, 0.4) is 0 Å². The molecule has 1 aromatic heterocycles. The predicted octanol–water partition coefficient (Wildman–Crippen LogP) is 5.48. The van der Waals surface area contributed by atoms with E-state index in [4.69, 9.17) is 0 Å². The lowest BCUT2D eigenvalue weighted by Gasteiger charge is -2.40. The zero-order valence-electron chi connectivity index (χ0n) is 25.7. The summed E-state index contributed by atoms with van der Waals surface area (Å²) in [6, 6.07) is 9.28. The number of aromatic nitrogens is 1. The number of alkyl halides is 6. The SMILES string of the molecule is Cc1ccccc1-c1cc(N2CCN(S(C)(=O)=O)[C@@H](CO)C2)ncc1N(C)C(=O)C(C)(C)c1cc(C(F)(F)F)cc(C(F)(F)F)c1. The number of carbonyl (C=O) groups is 1. The molecule has 0 unspecified atom stereocenters. The van der Waals surface area contributed by atoms with E-state index in [1.165, 1.54) is 31.4 Å². The molecule has 2 aromatic carbocycles. The Morgan fingerprint density at radius 2 is 1.52 bits per heavy atom. The van der Waals surface area contributed by atoms with Crippen molar-refractivity contribution in [3.63, 3.8) is 0 Å². The van der Waals surface area contributed by atoms with E-state index in [-0.39, 0.29) is 31.4 Å². The summed E-state index contributed by atoms with van der Waals surface area (Å²) in [4.78, 5) is 21.4. The largest absolute Gasteiger partial charge is 0.416 e. The first-order valence-electron chi connectivity index (χ1n) is 14.1. The molecule has 1 aliphatic heterocycles. The number of benzene rings is 2. The number of aliphatic hydroxyl groups is 1. The summed E-state index contributed by atoms with van der Waals surface area (Å²) in [5.74, 6) is -0.368. The molecule has 15 heteroatoms. The number of anilines is 2. The number of aryl methyl sites for hydroxylation is 1. The molecule has 3 aromatic rings. The zero-order valence-corrected chi connectivity index (χ0v) is 26.6. The van der Waals surface area contributed by atoms with E-state index >= 15 is 0 Å². The van der Waals surface area contributed by atoms with Crippen LogP contribution in [0.5, 0.6) is 0 Å². The molecule has 2 heterocycles. The predicted molar refractivity (Wildman–Crippen MR) is 162 cm³/mol. The Kier molecular flexibility index (Phi) is 9.55. The van der Waals surface area contributed by atoms with Gasteiger partial charge in [-0.3, -0.25) is 4.79 Å². The summed E-state index contributed by atoms with van der Waals surface area (Å²) in [7, 11) is -2.21. The Balaban J connectivity index is 1.79. The lowest BCUT2D eigenvalue weighted by atomic mass is 9.81. The molecular weight excluding hydrogens is 638 g/mol. The molecule has 0 bridgehead atoms. The number of nitrogens with zero attached hydrogens (tertiary/aromatic N) is 4. The summed E-state index contributed by atoms with van der Waals surface area (Å²) < 4.78 is 107. The van der Waals surface area contributed by atoms with Crippen molar-refractivity contribution >= 4 is 27.4 Å². The zero-order chi connectivity index (χ0) is 34.4. The van der Waals surface area contributed by atoms with Crippen molar-refractivity contribution in [1.29, 1.82) is 0 Å². The van der Waals surface area contributed by atoms with Crippen molar-refractivity contribution in [2.75, 3.05) is 49.3 Å². The van der Waals surface area contributed by atoms with E-state index in [2.05, 4.69) is 4.98 Å². The van der Waals surface area contributed by atoms with E-state index in [0.29, 0.717) is 29.1 Å². The van der Waals surface area contributed by atoms with E-state index < -0.39 is 63.0 Å². The van der Waals surface area contributed by atoms with Gasteiger partial charge in [0.25, 0.3) is 0 Å². The Hall–Kier alpha value is -3.69. The van der Waals surface area contributed by atoms with Crippen LogP contribution in [-0.2, 0) is 32.6 Å². The van der Waals surface area contributed by atoms with Gasteiger partial charge < -0.3 is 14.9 Å². The first kappa shape index (κ1) is 35.2. The molecule has 0 saturated carbocycles. The number of aliphatic hydroxyl groups excluding tert-OH is 1. The third-order valence-corrected chi connectivity index (χ3v) is 9.54. The normalized spacial score (nSPS) is 16.9. The summed E-state index contributed by atoms with van der Waals surface area (Å²) in [6.45, 7) is 4.39. The summed E-state index contributed by atoms with van der Waals surface area (Å²) in [5.41, 5.74) is -3.11. The van der Waals surface area contributed by atoms with Gasteiger partial charge in [-0.05, 0) is 61.7 Å². The van der Waals surface area contributed by atoms with Crippen LogP contribution in [-0.4, -0.2) is 74.3 Å². The molecule has 0 spiro atoms. The number of rotatable bonds is 7. The van der Waals surface area contributed by atoms with Crippen LogP contribution in [0.25, 0.3) is 11.1 Å². The molecular formula is C31H34F6N4O4S. The van der Waals surface area contributed by atoms with Gasteiger partial charge in [0, 0.05) is 32.2 Å². The van der Waals surface area contributed by atoms with E-state index in [1.54, 1.807) is 29.2 Å². The van der Waals surface area contributed by atoms with Gasteiger partial charge in [-0.2, -0.15) is 30.6 Å². The quantitative estimate of drug-likeness (QED) is 0.335. The maximum atomic E-state index is 14.0. The number of carbonyl (C=O) groups excluding carboxylic acids is 1. The molecule has 46 heavy (non-hydrogen) atoms. The molecule has 0 aliphatic carbocycles. The lowest BCUT2D eigenvalue weighted by molar-refractivity contribution is -0.143. The van der Waals surface area contributed by atoms with Crippen LogP contribution >= 0.6 is 0 Å². The van der Waals surface area contributed by atoms with Crippen molar-refractivity contribution in [3.8, 4) is 11.1 Å². The average Bonchev–Trinajstić information content (AvgIpc) is 2.98. The molecule has 1 atom stereocenters. The Morgan fingerprint density at radius 3 is 2.04 bits per heavy atom. The fourth-order valence-corrected chi connectivity index (χ4v) is 6.66. The van der Waals surface area contributed by atoms with Crippen molar-refractivity contribution in [2.45, 2.75) is 44.6 Å². The Bertz CT molecular complexity index is 1690. The number of pyridine rings is 1. The first-order valence-corrected chi connectivity index (χ1v) is 16.0. The van der Waals surface area contributed by atoms with Crippen LogP contribution < -0.4 is 9.80 Å². The van der Waals surface area contributed by atoms with E-state index in [1.807, 2.05) is 13.0 Å². The molecule has 4 rings (SSSR count). The Morgan fingerprint density at radius 1 is 0.957 bits per heavy atom. The summed E-state index contributed by atoms with van der Waals surface area (Å²) in [6.07, 6.45) is -7.72. The minimum absolute atomic E-state index is 0.0176. The van der Waals surface area contributed by atoms with Gasteiger partial charge in [0.15, 0.2) is 0 Å². The van der Waals surface area contributed by atoms with Crippen molar-refractivity contribution in [3.05, 3.63) is 77.0 Å². The molecule has 1 fully saturated rings. The number of halogens is 6. The minimum Gasteiger partial charge on any atom is -0.395 e. The van der Waals surface area contributed by atoms with Crippen LogP contribution in [0.2, 0.25) is 0 Å². The van der Waals surface area contributed by atoms with Crippen molar-refractivity contribution in [1.82, 2.24) is 9.29 Å². The molecule has 1 amide bonds. The Labute approximate surface area is 263 Å². The first-order chi connectivity index (χ1) is 21.2. The summed E-state index contributed by atoms with van der Waals surface area (Å²) in [5, 5.41) is 9.91. The highest BCUT2D eigenvalue weighted by atomic mass is 32.2. The van der Waals surface area contributed by atoms with Gasteiger partial charge in [0.05, 0.1) is 47.3 Å². The molecule has 8 nitrogen and oxygen atoms in total. The number of hydrogen-bond donors (Lipinski definition) is 1. The minimum atomic E-state index is -5.08. The van der Waals surface area contributed by atoms with Crippen molar-refractivity contribution in [2.24, 2.45) is 0 Å². The van der Waals surface area contributed by atoms with Crippen LogP contribution in [0.4, 0.5) is 37.8 Å². The maximum absolute atomic E-state index is 14.0. The van der Waals surface area contributed by atoms with Crippen molar-refractivity contribution < 1.29 is 44.7 Å². The molecule has 250 valence electrons. The van der Waals surface area contributed by atoms with Gasteiger partial charge in [-0.25, -0.2) is 13.4 Å². The topological polar surface area (TPSA) is 94.1 Å². The maximum Gasteiger partial charge on any atom is 0.416 e. The van der Waals surface area contributed by atoms with Gasteiger partial charge in [0.1, 0.15) is 5.82 Å². The van der Waals surface area contributed by atoms with Gasteiger partial charge in [-0.1, -0.05) is 24.3 Å². The standard InChI is InChI=1S/C31H34F6N4O4S/c1-19-8-6-7-9-24(19)25-15-27(40-10-11-41(46(5,44)45)23(17-40)18-42)38-16-26(25)39(4)28(43)29(2,3)20-12-21(30(32,33)34)14-22(13-20)31(35,36)37/h6-9,12-16,23,42H,10-11,17-18H2,1-5H3/t23-/m1/s1. The van der Waals surface area contributed by atoms with Crippen LogP contribution in [0.15, 0.2) is 54.7 Å². The fraction of sp³-hybridized carbons (Fsp3) is 0.419. The van der Waals surface area contributed by atoms with Gasteiger partial charge in [-0.15, -0.1) is 0 Å². The average molecular weight is 673 g/mol. The third kappa shape index (κ3) is 7.15. The highest BCUT2D eigenvalue weighted by Crippen LogP contribution is 2.41. The number of amides is 1. The monoisotopic (exact) mass is 672 g/mol. The molecule has 0 radical (unpaired) electrons. The number of hydrogen-bond acceptors (Lipinski definition) is 6. The number of piperazine rings is 1. The number of sulfonamides is 1. The second-order valence-electron chi connectivity index (χ2n) is 11.8. The van der Waals surface area contributed by atoms with Crippen LogP contribution in [0.1, 0.15) is 36.1 Å². The molecule has 1 aliphatic rings. The highest BCUT2D eigenvalue weighted by molar-refractivity contribution is 7.88. The lowest BCUT2D eigenvalue weighted by Crippen LogP contribution is -2.56. The van der Waals surface area contributed by atoms with E-state index in [0.717, 1.165) is 16.7 Å². The second kappa shape index (κ2) is 12.5. The number of likely N-dealkylation sites (N-methyl/N-ethyl adjacent to an activating group) is 1. The molecule has 1 N–H and O–H groups in total. The van der Waals surface area contributed by atoms with Gasteiger partial charge in [0.2, 0.25) is 15.9 Å². The highest BCUT2D eigenvalue weighted by Gasteiger charge is 2.41. The fourth-order valence-electron chi connectivity index (χ4n) is 5.57. The van der Waals surface area contributed by atoms with Gasteiger partial charge >= 0.3 is 12.4 Å². The van der Waals surface area contributed by atoms with Crippen LogP contribution in [0, 0.1) is 6.92 Å². The third-order valence-electron chi connectivity index (χ3n) is 8.20. The molecule has 1 saturated heterocycles. The second-order valence-corrected chi connectivity index (χ2v) is 13.7. The van der Waals surface area contributed by atoms with E-state index in [9.17, 15) is 44.7 Å².